The van der Waals surface area contributed by atoms with Crippen LogP contribution in [0, 0.1) is 0 Å². The van der Waals surface area contributed by atoms with Crippen molar-refractivity contribution in [2.45, 2.75) is 25.6 Å². The van der Waals surface area contributed by atoms with Gasteiger partial charge in [0, 0.05) is 24.7 Å². The summed E-state index contributed by atoms with van der Waals surface area (Å²) in [6.45, 7) is 5.46. The molecule has 7 heteroatoms. The molecule has 22 heavy (non-hydrogen) atoms. The molecule has 1 aromatic carbocycles. The van der Waals surface area contributed by atoms with Crippen LogP contribution in [0.4, 0.5) is 0 Å². The highest BCUT2D eigenvalue weighted by Gasteiger charge is 2.24. The lowest BCUT2D eigenvalue weighted by Crippen LogP contribution is -2.41. The number of benzene rings is 1. The van der Waals surface area contributed by atoms with E-state index in [1.165, 1.54) is 4.31 Å². The predicted molar refractivity (Wildman–Crippen MR) is 84.1 cm³/mol. The van der Waals surface area contributed by atoms with E-state index in [2.05, 4.69) is 5.32 Å². The van der Waals surface area contributed by atoms with Crippen molar-refractivity contribution in [3.8, 4) is 0 Å². The number of carbonyl (C=O) groups is 1. The van der Waals surface area contributed by atoms with E-state index in [1.807, 2.05) is 13.8 Å². The van der Waals surface area contributed by atoms with Gasteiger partial charge in [-0.25, -0.2) is 8.42 Å². The first-order valence-electron chi connectivity index (χ1n) is 7.34. The molecule has 6 nitrogen and oxygen atoms in total. The number of carbonyl (C=O) groups excluding carboxylic acids is 1. The number of hydrogen-bond donors (Lipinski definition) is 1. The maximum absolute atomic E-state index is 12.3. The van der Waals surface area contributed by atoms with E-state index in [-0.39, 0.29) is 17.7 Å². The zero-order valence-corrected chi connectivity index (χ0v) is 13.7. The number of sulfonamides is 1. The Bertz CT molecular complexity index is 605. The van der Waals surface area contributed by atoms with Crippen LogP contribution >= 0.6 is 0 Å². The lowest BCUT2D eigenvalue weighted by Gasteiger charge is -2.26. The second kappa shape index (κ2) is 7.21. The molecular formula is C15H22N2O4S. The average Bonchev–Trinajstić information content (AvgIpc) is 2.48. The number of ether oxygens (including phenoxy) is 1. The minimum absolute atomic E-state index is 0.0565. The summed E-state index contributed by atoms with van der Waals surface area (Å²) in [7, 11) is -3.34. The van der Waals surface area contributed by atoms with Crippen LogP contribution in [0.25, 0.3) is 0 Å². The zero-order chi connectivity index (χ0) is 16.2. The van der Waals surface area contributed by atoms with Gasteiger partial charge in [0.15, 0.2) is 0 Å². The number of morpholine rings is 1. The lowest BCUT2D eigenvalue weighted by atomic mass is 10.1. The van der Waals surface area contributed by atoms with Crippen LogP contribution in [0.15, 0.2) is 24.3 Å². The molecule has 0 bridgehead atoms. The van der Waals surface area contributed by atoms with E-state index in [1.54, 1.807) is 24.3 Å². The maximum atomic E-state index is 12.3. The van der Waals surface area contributed by atoms with Gasteiger partial charge in [0.2, 0.25) is 10.0 Å². The summed E-state index contributed by atoms with van der Waals surface area (Å²) < 4.78 is 31.2. The highest BCUT2D eigenvalue weighted by atomic mass is 32.2. The van der Waals surface area contributed by atoms with Crippen LogP contribution < -0.4 is 5.32 Å². The van der Waals surface area contributed by atoms with Crippen molar-refractivity contribution in [3.05, 3.63) is 35.4 Å². The van der Waals surface area contributed by atoms with Crippen molar-refractivity contribution in [3.63, 3.8) is 0 Å². The molecule has 122 valence electrons. The van der Waals surface area contributed by atoms with Crippen molar-refractivity contribution in [2.75, 3.05) is 26.3 Å². The topological polar surface area (TPSA) is 75.7 Å². The van der Waals surface area contributed by atoms with E-state index in [9.17, 15) is 13.2 Å². The number of rotatable bonds is 5. The normalized spacial score (nSPS) is 16.7. The van der Waals surface area contributed by atoms with Gasteiger partial charge >= 0.3 is 0 Å². The minimum Gasteiger partial charge on any atom is -0.379 e. The molecule has 0 unspecified atom stereocenters. The first-order valence-corrected chi connectivity index (χ1v) is 8.95. The Hall–Kier alpha value is -1.44. The third-order valence-corrected chi connectivity index (χ3v) is 5.20. The van der Waals surface area contributed by atoms with Gasteiger partial charge in [-0.2, -0.15) is 4.31 Å². The van der Waals surface area contributed by atoms with Crippen LogP contribution in [-0.2, 0) is 20.5 Å². The summed E-state index contributed by atoms with van der Waals surface area (Å²) >= 11 is 0. The lowest BCUT2D eigenvalue weighted by molar-refractivity contribution is 0.0729. The SMILES string of the molecule is CC(C)NC(=O)c1ccc(CS(=O)(=O)N2CCOCC2)cc1. The smallest absolute Gasteiger partial charge is 0.251 e. The van der Waals surface area contributed by atoms with E-state index in [0.717, 1.165) is 0 Å². The second-order valence-corrected chi connectivity index (χ2v) is 7.56. The molecule has 0 aromatic heterocycles. The highest BCUT2D eigenvalue weighted by Crippen LogP contribution is 2.13. The average molecular weight is 326 g/mol. The summed E-state index contributed by atoms with van der Waals surface area (Å²) in [5.41, 5.74) is 1.20. The molecule has 1 aliphatic rings. The third-order valence-electron chi connectivity index (χ3n) is 3.35. The molecule has 0 saturated carbocycles. The highest BCUT2D eigenvalue weighted by molar-refractivity contribution is 7.88. The number of nitrogens with one attached hydrogen (secondary N) is 1. The van der Waals surface area contributed by atoms with E-state index < -0.39 is 10.0 Å². The Morgan fingerprint density at radius 1 is 1.23 bits per heavy atom. The van der Waals surface area contributed by atoms with Crippen molar-refractivity contribution >= 4 is 15.9 Å². The summed E-state index contributed by atoms with van der Waals surface area (Å²) in [4.78, 5) is 11.8. The molecule has 2 rings (SSSR count). The molecule has 1 fully saturated rings. The van der Waals surface area contributed by atoms with Gasteiger partial charge in [0.1, 0.15) is 0 Å². The quantitative estimate of drug-likeness (QED) is 0.875. The molecule has 1 N–H and O–H groups in total. The molecule has 0 spiro atoms. The monoisotopic (exact) mass is 326 g/mol. The van der Waals surface area contributed by atoms with Crippen LogP contribution in [0.2, 0.25) is 0 Å². The number of amides is 1. The fourth-order valence-electron chi connectivity index (χ4n) is 2.22. The van der Waals surface area contributed by atoms with Crippen molar-refractivity contribution in [2.24, 2.45) is 0 Å². The molecule has 1 amide bonds. The molecule has 0 atom stereocenters. The summed E-state index contributed by atoms with van der Waals surface area (Å²) in [6, 6.07) is 6.75. The molecule has 1 aromatic rings. The Balaban J connectivity index is 2.03. The van der Waals surface area contributed by atoms with Gasteiger partial charge in [-0.3, -0.25) is 4.79 Å². The summed E-state index contributed by atoms with van der Waals surface area (Å²) in [5.74, 6) is -0.211. The Morgan fingerprint density at radius 3 is 2.36 bits per heavy atom. The number of nitrogens with zero attached hydrogens (tertiary/aromatic N) is 1. The van der Waals surface area contributed by atoms with Crippen LogP contribution in [0.1, 0.15) is 29.8 Å². The predicted octanol–water partition coefficient (Wildman–Crippen LogP) is 0.987. The standard InChI is InChI=1S/C15H22N2O4S/c1-12(2)16-15(18)14-5-3-13(4-6-14)11-22(19,20)17-7-9-21-10-8-17/h3-6,12H,7-11H2,1-2H3,(H,16,18). The van der Waals surface area contributed by atoms with Crippen LogP contribution in [0.5, 0.6) is 0 Å². The summed E-state index contributed by atoms with van der Waals surface area (Å²) in [6.07, 6.45) is 0. The Labute approximate surface area is 131 Å². The molecule has 1 heterocycles. The van der Waals surface area contributed by atoms with Gasteiger partial charge in [-0.05, 0) is 31.5 Å². The molecule has 0 aliphatic carbocycles. The van der Waals surface area contributed by atoms with E-state index in [0.29, 0.717) is 37.4 Å². The van der Waals surface area contributed by atoms with Gasteiger partial charge in [-0.1, -0.05) is 12.1 Å². The fourth-order valence-corrected chi connectivity index (χ4v) is 3.73. The molecular weight excluding hydrogens is 304 g/mol. The van der Waals surface area contributed by atoms with E-state index >= 15 is 0 Å². The third kappa shape index (κ3) is 4.53. The molecule has 1 aliphatic heterocycles. The van der Waals surface area contributed by atoms with Gasteiger partial charge in [0.25, 0.3) is 5.91 Å². The van der Waals surface area contributed by atoms with Crippen molar-refractivity contribution < 1.29 is 17.9 Å². The largest absolute Gasteiger partial charge is 0.379 e. The zero-order valence-electron chi connectivity index (χ0n) is 12.9. The van der Waals surface area contributed by atoms with Crippen molar-refractivity contribution in [1.82, 2.24) is 9.62 Å². The first kappa shape index (κ1) is 16.9. The fraction of sp³-hybridized carbons (Fsp3) is 0.533. The van der Waals surface area contributed by atoms with Crippen LogP contribution in [-0.4, -0.2) is 51.0 Å². The summed E-state index contributed by atoms with van der Waals surface area (Å²) in [5, 5.41) is 2.80. The first-order chi connectivity index (χ1) is 10.4. The maximum Gasteiger partial charge on any atom is 0.251 e. The molecule has 1 saturated heterocycles. The Kier molecular flexibility index (Phi) is 5.55. The second-order valence-electron chi connectivity index (χ2n) is 5.59. The van der Waals surface area contributed by atoms with Gasteiger partial charge < -0.3 is 10.1 Å². The van der Waals surface area contributed by atoms with E-state index in [4.69, 9.17) is 4.74 Å². The minimum atomic E-state index is -3.34. The van der Waals surface area contributed by atoms with Crippen molar-refractivity contribution in [1.29, 1.82) is 0 Å². The van der Waals surface area contributed by atoms with Gasteiger partial charge in [0.05, 0.1) is 19.0 Å². The molecule has 0 radical (unpaired) electrons. The Morgan fingerprint density at radius 2 is 1.82 bits per heavy atom. The van der Waals surface area contributed by atoms with Gasteiger partial charge in [-0.15, -0.1) is 0 Å². The number of hydrogen-bond acceptors (Lipinski definition) is 4. The van der Waals surface area contributed by atoms with Crippen LogP contribution in [0.3, 0.4) is 0 Å².